The fraction of sp³-hybridized carbons (Fsp3) is 0.583. The Hall–Kier alpha value is -0.600. The Balaban J connectivity index is 0.000000921. The summed E-state index contributed by atoms with van der Waals surface area (Å²) in [7, 11) is 0. The summed E-state index contributed by atoms with van der Waals surface area (Å²) < 4.78 is 0. The molecule has 0 fully saturated rings. The van der Waals surface area contributed by atoms with Crippen molar-refractivity contribution in [2.45, 2.75) is 32.8 Å². The van der Waals surface area contributed by atoms with E-state index in [9.17, 15) is 0 Å². The Morgan fingerprint density at radius 2 is 2.27 bits per heavy atom. The van der Waals surface area contributed by atoms with Crippen LogP contribution < -0.4 is 0 Å². The smallest absolute Gasteiger partial charge is 0.0870 e. The van der Waals surface area contributed by atoms with Gasteiger partial charge in [-0.15, -0.1) is 11.6 Å². The summed E-state index contributed by atoms with van der Waals surface area (Å²) in [6.45, 7) is 4.38. The summed E-state index contributed by atoms with van der Waals surface area (Å²) in [6.07, 6.45) is 9.75. The van der Waals surface area contributed by atoms with E-state index in [0.717, 1.165) is 18.4 Å². The molecule has 0 aromatic heterocycles. The molecule has 0 heterocycles. The molecule has 86 valence electrons. The molecule has 1 unspecified atom stereocenters. The number of aliphatic imine (C=N–C) groups is 1. The monoisotopic (exact) mass is 229 g/mol. The first-order valence-electron chi connectivity index (χ1n) is 5.43. The van der Waals surface area contributed by atoms with Gasteiger partial charge in [-0.1, -0.05) is 32.1 Å². The van der Waals surface area contributed by atoms with Gasteiger partial charge >= 0.3 is 0 Å². The Morgan fingerprint density at radius 1 is 1.53 bits per heavy atom. The van der Waals surface area contributed by atoms with Gasteiger partial charge < -0.3 is 5.11 Å². The first-order chi connectivity index (χ1) is 7.33. The van der Waals surface area contributed by atoms with Crippen LogP contribution in [0.15, 0.2) is 28.8 Å². The van der Waals surface area contributed by atoms with Crippen molar-refractivity contribution in [2.24, 2.45) is 4.99 Å². The quantitative estimate of drug-likeness (QED) is 0.584. The minimum Gasteiger partial charge on any atom is -0.390 e. The van der Waals surface area contributed by atoms with E-state index in [1.807, 2.05) is 19.9 Å². The van der Waals surface area contributed by atoms with Crippen molar-refractivity contribution < 1.29 is 5.11 Å². The molecule has 0 saturated carbocycles. The SMILES string of the molecule is CC.OC(CCl)CN=CC1=CCCC=C1. The lowest BCUT2D eigenvalue weighted by Crippen LogP contribution is -2.12. The highest BCUT2D eigenvalue weighted by atomic mass is 35.5. The molecule has 0 aliphatic heterocycles. The zero-order valence-electron chi connectivity index (χ0n) is 9.49. The molecule has 1 rings (SSSR count). The van der Waals surface area contributed by atoms with Crippen LogP contribution in [0.3, 0.4) is 0 Å². The minimum atomic E-state index is -0.522. The van der Waals surface area contributed by atoms with Crippen LogP contribution in [0.1, 0.15) is 26.7 Å². The maximum atomic E-state index is 9.10. The van der Waals surface area contributed by atoms with E-state index in [-0.39, 0.29) is 5.88 Å². The molecule has 0 amide bonds. The number of halogens is 1. The van der Waals surface area contributed by atoms with Crippen molar-refractivity contribution in [1.29, 1.82) is 0 Å². The third kappa shape index (κ3) is 7.34. The second-order valence-electron chi connectivity index (χ2n) is 2.99. The van der Waals surface area contributed by atoms with Crippen LogP contribution in [0, 0.1) is 0 Å². The van der Waals surface area contributed by atoms with Crippen LogP contribution in [0.25, 0.3) is 0 Å². The lowest BCUT2D eigenvalue weighted by atomic mass is 10.1. The van der Waals surface area contributed by atoms with Crippen molar-refractivity contribution >= 4 is 17.8 Å². The van der Waals surface area contributed by atoms with Gasteiger partial charge in [-0.2, -0.15) is 0 Å². The third-order valence-corrected chi connectivity index (χ3v) is 2.11. The highest BCUT2D eigenvalue weighted by molar-refractivity contribution is 6.18. The molecule has 1 aliphatic carbocycles. The highest BCUT2D eigenvalue weighted by Gasteiger charge is 1.98. The minimum absolute atomic E-state index is 0.242. The number of aliphatic hydroxyl groups is 1. The second-order valence-corrected chi connectivity index (χ2v) is 3.29. The van der Waals surface area contributed by atoms with Crippen molar-refractivity contribution in [2.75, 3.05) is 12.4 Å². The number of alkyl halides is 1. The van der Waals surface area contributed by atoms with E-state index < -0.39 is 6.10 Å². The van der Waals surface area contributed by atoms with Gasteiger partial charge in [-0.3, -0.25) is 4.99 Å². The van der Waals surface area contributed by atoms with Gasteiger partial charge in [0.1, 0.15) is 0 Å². The molecule has 0 spiro atoms. The van der Waals surface area contributed by atoms with Crippen molar-refractivity contribution in [1.82, 2.24) is 0 Å². The molecule has 0 bridgehead atoms. The molecule has 0 aromatic carbocycles. The number of aliphatic hydroxyl groups excluding tert-OH is 1. The molecule has 2 nitrogen and oxygen atoms in total. The van der Waals surface area contributed by atoms with Crippen LogP contribution in [0.5, 0.6) is 0 Å². The molecule has 1 N–H and O–H groups in total. The van der Waals surface area contributed by atoms with Gasteiger partial charge in [0.25, 0.3) is 0 Å². The summed E-state index contributed by atoms with van der Waals surface area (Å²) in [5, 5.41) is 9.10. The van der Waals surface area contributed by atoms with Gasteiger partial charge in [-0.25, -0.2) is 0 Å². The fourth-order valence-corrected chi connectivity index (χ4v) is 1.16. The average molecular weight is 230 g/mol. The van der Waals surface area contributed by atoms with Crippen LogP contribution in [-0.2, 0) is 0 Å². The molecule has 3 heteroatoms. The third-order valence-electron chi connectivity index (χ3n) is 1.76. The van der Waals surface area contributed by atoms with E-state index in [4.69, 9.17) is 16.7 Å². The van der Waals surface area contributed by atoms with Gasteiger partial charge in [0.15, 0.2) is 0 Å². The Kier molecular flexibility index (Phi) is 9.54. The Labute approximate surface area is 97.4 Å². The van der Waals surface area contributed by atoms with Gasteiger partial charge in [0.05, 0.1) is 18.5 Å². The van der Waals surface area contributed by atoms with E-state index in [2.05, 4.69) is 17.1 Å². The lowest BCUT2D eigenvalue weighted by Gasteiger charge is -2.02. The second kappa shape index (κ2) is 9.94. The molecule has 0 radical (unpaired) electrons. The fourth-order valence-electron chi connectivity index (χ4n) is 1.06. The van der Waals surface area contributed by atoms with Gasteiger partial charge in [-0.05, 0) is 18.4 Å². The standard InChI is InChI=1S/C10H14ClNO.C2H6/c11-6-10(13)8-12-7-9-4-2-1-3-5-9;1-2/h2,4-5,7,10,13H,1,3,6,8H2;1-2H3. The van der Waals surface area contributed by atoms with Crippen LogP contribution in [0.2, 0.25) is 0 Å². The number of nitrogens with zero attached hydrogens (tertiary/aromatic N) is 1. The zero-order valence-corrected chi connectivity index (χ0v) is 10.2. The molecular weight excluding hydrogens is 210 g/mol. The first kappa shape index (κ1) is 14.4. The summed E-state index contributed by atoms with van der Waals surface area (Å²) in [6, 6.07) is 0. The number of hydrogen-bond acceptors (Lipinski definition) is 2. The molecular formula is C12H20ClNO. The largest absolute Gasteiger partial charge is 0.390 e. The summed E-state index contributed by atoms with van der Waals surface area (Å²) in [4.78, 5) is 4.09. The van der Waals surface area contributed by atoms with Crippen LogP contribution in [-0.4, -0.2) is 29.8 Å². The maximum Gasteiger partial charge on any atom is 0.0870 e. The average Bonchev–Trinajstić information content (AvgIpc) is 2.33. The number of rotatable bonds is 4. The summed E-state index contributed by atoms with van der Waals surface area (Å²) in [5.74, 6) is 0.242. The van der Waals surface area contributed by atoms with E-state index in [1.165, 1.54) is 0 Å². The predicted molar refractivity (Wildman–Crippen MR) is 67.9 cm³/mol. The topological polar surface area (TPSA) is 32.6 Å². The van der Waals surface area contributed by atoms with E-state index in [0.29, 0.717) is 6.54 Å². The predicted octanol–water partition coefficient (Wildman–Crippen LogP) is 2.96. The molecule has 1 atom stereocenters. The molecule has 15 heavy (non-hydrogen) atoms. The Morgan fingerprint density at radius 3 is 2.80 bits per heavy atom. The number of allylic oxidation sites excluding steroid dienone is 4. The molecule has 1 aliphatic rings. The maximum absolute atomic E-state index is 9.10. The number of hydrogen-bond donors (Lipinski definition) is 1. The highest BCUT2D eigenvalue weighted by Crippen LogP contribution is 2.07. The van der Waals surface area contributed by atoms with E-state index >= 15 is 0 Å². The normalized spacial score (nSPS) is 16.9. The van der Waals surface area contributed by atoms with Gasteiger partial charge in [0, 0.05) is 6.21 Å². The van der Waals surface area contributed by atoms with Crippen molar-refractivity contribution in [3.63, 3.8) is 0 Å². The molecule has 0 saturated heterocycles. The first-order valence-corrected chi connectivity index (χ1v) is 5.97. The molecule has 0 aromatic rings. The lowest BCUT2D eigenvalue weighted by molar-refractivity contribution is 0.207. The van der Waals surface area contributed by atoms with Gasteiger partial charge in [0.2, 0.25) is 0 Å². The zero-order chi connectivity index (χ0) is 11.5. The Bertz CT molecular complexity index is 234. The van der Waals surface area contributed by atoms with Crippen LogP contribution >= 0.6 is 11.6 Å². The van der Waals surface area contributed by atoms with Crippen molar-refractivity contribution in [3.8, 4) is 0 Å². The van der Waals surface area contributed by atoms with Crippen molar-refractivity contribution in [3.05, 3.63) is 23.8 Å². The van der Waals surface area contributed by atoms with E-state index in [1.54, 1.807) is 6.21 Å². The van der Waals surface area contributed by atoms with Crippen LogP contribution in [0.4, 0.5) is 0 Å². The summed E-state index contributed by atoms with van der Waals surface area (Å²) in [5.41, 5.74) is 1.12. The summed E-state index contributed by atoms with van der Waals surface area (Å²) >= 11 is 5.42.